The van der Waals surface area contributed by atoms with Crippen molar-refractivity contribution >= 4 is 5.91 Å². The quantitative estimate of drug-likeness (QED) is 0.688. The number of hydrogen-bond donors (Lipinski definition) is 2. The third-order valence-electron chi connectivity index (χ3n) is 8.18. The lowest BCUT2D eigenvalue weighted by atomic mass is 9.58. The Morgan fingerprint density at radius 3 is 2.77 bits per heavy atom. The van der Waals surface area contributed by atoms with Crippen molar-refractivity contribution in [2.24, 2.45) is 28.6 Å². The highest BCUT2D eigenvalue weighted by Crippen LogP contribution is 2.70. The minimum absolute atomic E-state index is 0.0175. The van der Waals surface area contributed by atoms with Crippen LogP contribution in [-0.2, 0) is 9.53 Å². The van der Waals surface area contributed by atoms with E-state index in [4.69, 9.17) is 19.3 Å². The maximum Gasteiger partial charge on any atom is 0.222 e. The van der Waals surface area contributed by atoms with E-state index in [-0.39, 0.29) is 48.0 Å². The van der Waals surface area contributed by atoms with Gasteiger partial charge in [-0.25, -0.2) is 0 Å². The van der Waals surface area contributed by atoms with Crippen molar-refractivity contribution in [3.8, 4) is 11.5 Å². The normalized spacial score (nSPS) is 33.3. The van der Waals surface area contributed by atoms with Crippen LogP contribution in [0.4, 0.5) is 0 Å². The van der Waals surface area contributed by atoms with Crippen molar-refractivity contribution in [2.45, 2.75) is 59.1 Å². The lowest BCUT2D eigenvalue weighted by molar-refractivity contribution is -0.139. The van der Waals surface area contributed by atoms with E-state index in [1.807, 2.05) is 26.0 Å². The van der Waals surface area contributed by atoms with Crippen LogP contribution in [0.5, 0.6) is 11.5 Å². The molecular weight excluding hydrogens is 394 g/mol. The highest BCUT2D eigenvalue weighted by Gasteiger charge is 2.68. The minimum atomic E-state index is -0.0398. The summed E-state index contributed by atoms with van der Waals surface area (Å²) >= 11 is 0. The van der Waals surface area contributed by atoms with E-state index in [0.29, 0.717) is 29.9 Å². The number of ether oxygens (including phenoxy) is 3. The number of rotatable bonds is 7. The van der Waals surface area contributed by atoms with E-state index >= 15 is 0 Å². The first-order valence-corrected chi connectivity index (χ1v) is 11.6. The summed E-state index contributed by atoms with van der Waals surface area (Å²) in [5.74, 6) is 2.35. The topological polar surface area (TPSA) is 77.0 Å². The zero-order valence-corrected chi connectivity index (χ0v) is 19.4. The van der Waals surface area contributed by atoms with E-state index < -0.39 is 0 Å². The Balaban J connectivity index is 1.64. The molecule has 1 amide bonds. The maximum absolute atomic E-state index is 12.7. The number of carbonyl (C=O) groups is 1. The van der Waals surface area contributed by atoms with Crippen molar-refractivity contribution in [2.75, 3.05) is 26.9 Å². The molecule has 3 fully saturated rings. The molecule has 1 saturated heterocycles. The molecule has 3 aliphatic rings. The number of aliphatic hydroxyl groups is 1. The van der Waals surface area contributed by atoms with E-state index in [9.17, 15) is 4.79 Å². The molecule has 1 aromatic carbocycles. The summed E-state index contributed by atoms with van der Waals surface area (Å²) in [6.07, 6.45) is 3.25. The van der Waals surface area contributed by atoms with E-state index in [1.165, 1.54) is 0 Å². The van der Waals surface area contributed by atoms with Crippen LogP contribution in [-0.4, -0.2) is 44.0 Å². The third-order valence-corrected chi connectivity index (χ3v) is 8.18. The Hall–Kier alpha value is -1.79. The molecule has 1 aromatic rings. The van der Waals surface area contributed by atoms with Gasteiger partial charge in [-0.2, -0.15) is 0 Å². The van der Waals surface area contributed by atoms with Gasteiger partial charge in [-0.15, -0.1) is 0 Å². The minimum Gasteiger partial charge on any atom is -0.493 e. The van der Waals surface area contributed by atoms with Crippen LogP contribution in [0, 0.1) is 28.6 Å². The van der Waals surface area contributed by atoms with Crippen molar-refractivity contribution in [1.29, 1.82) is 0 Å². The van der Waals surface area contributed by atoms with Crippen molar-refractivity contribution in [3.63, 3.8) is 0 Å². The Labute approximate surface area is 185 Å². The molecule has 2 N–H and O–H groups in total. The molecule has 0 unspecified atom stereocenters. The first kappa shape index (κ1) is 22.4. The number of carbonyl (C=O) groups excluding carboxylic acids is 1. The zero-order valence-electron chi connectivity index (χ0n) is 19.4. The summed E-state index contributed by atoms with van der Waals surface area (Å²) in [5, 5.41) is 12.5. The van der Waals surface area contributed by atoms with Crippen LogP contribution < -0.4 is 14.8 Å². The highest BCUT2D eigenvalue weighted by molar-refractivity contribution is 5.78. The van der Waals surface area contributed by atoms with Gasteiger partial charge in [-0.05, 0) is 59.6 Å². The summed E-state index contributed by atoms with van der Waals surface area (Å²) in [6, 6.07) is 6.13. The van der Waals surface area contributed by atoms with Crippen LogP contribution in [0.15, 0.2) is 18.2 Å². The van der Waals surface area contributed by atoms with Gasteiger partial charge in [0.1, 0.15) is 6.61 Å². The summed E-state index contributed by atoms with van der Waals surface area (Å²) in [4.78, 5) is 12.7. The van der Waals surface area contributed by atoms with Gasteiger partial charge in [0, 0.05) is 18.6 Å². The number of aliphatic hydroxyl groups excluding tert-OH is 1. The summed E-state index contributed by atoms with van der Waals surface area (Å²) in [7, 11) is 1.63. The van der Waals surface area contributed by atoms with Gasteiger partial charge in [-0.3, -0.25) is 4.79 Å². The van der Waals surface area contributed by atoms with Gasteiger partial charge in [0.25, 0.3) is 0 Å². The van der Waals surface area contributed by atoms with Crippen LogP contribution in [0.25, 0.3) is 0 Å². The van der Waals surface area contributed by atoms with Gasteiger partial charge in [0.15, 0.2) is 11.5 Å². The van der Waals surface area contributed by atoms with Crippen molar-refractivity contribution in [1.82, 2.24) is 5.32 Å². The van der Waals surface area contributed by atoms with E-state index in [0.717, 1.165) is 24.8 Å². The predicted octanol–water partition coefficient (Wildman–Crippen LogP) is 3.72. The second-order valence-electron chi connectivity index (χ2n) is 10.4. The largest absolute Gasteiger partial charge is 0.493 e. The molecule has 2 saturated carbocycles. The Kier molecular flexibility index (Phi) is 5.99. The number of nitrogens with one attached hydrogen (secondary N) is 1. The van der Waals surface area contributed by atoms with Crippen LogP contribution in [0.1, 0.15) is 58.6 Å². The number of methoxy groups -OCH3 is 1. The van der Waals surface area contributed by atoms with Crippen LogP contribution >= 0.6 is 0 Å². The molecule has 1 heterocycles. The predicted molar refractivity (Wildman–Crippen MR) is 118 cm³/mol. The number of hydrogen-bond acceptors (Lipinski definition) is 5. The molecule has 2 bridgehead atoms. The highest BCUT2D eigenvalue weighted by atomic mass is 16.5. The van der Waals surface area contributed by atoms with E-state index in [1.54, 1.807) is 7.11 Å². The molecule has 1 spiro atoms. The molecule has 6 heteroatoms. The molecular formula is C25H37NO5. The first-order valence-electron chi connectivity index (χ1n) is 11.6. The first-order chi connectivity index (χ1) is 14.7. The second kappa shape index (κ2) is 8.28. The lowest BCUT2D eigenvalue weighted by Gasteiger charge is -2.53. The van der Waals surface area contributed by atoms with Gasteiger partial charge in [0.2, 0.25) is 5.91 Å². The number of fused-ring (bicyclic) bond motifs is 1. The molecule has 2 aliphatic carbocycles. The number of benzene rings is 1. The van der Waals surface area contributed by atoms with Crippen LogP contribution in [0.3, 0.4) is 0 Å². The fraction of sp³-hybridized carbons (Fsp3) is 0.720. The molecule has 172 valence electrons. The molecule has 4 rings (SSSR count). The van der Waals surface area contributed by atoms with Crippen LogP contribution in [0.2, 0.25) is 0 Å². The number of amides is 1. The Morgan fingerprint density at radius 2 is 2.10 bits per heavy atom. The summed E-state index contributed by atoms with van der Waals surface area (Å²) in [5.41, 5.74) is 1.25. The fourth-order valence-electron chi connectivity index (χ4n) is 6.56. The second-order valence-corrected chi connectivity index (χ2v) is 10.4. The average Bonchev–Trinajstić information content (AvgIpc) is 3.24. The molecule has 31 heavy (non-hydrogen) atoms. The van der Waals surface area contributed by atoms with Crippen molar-refractivity contribution in [3.05, 3.63) is 23.8 Å². The summed E-state index contributed by atoms with van der Waals surface area (Å²) in [6.45, 7) is 9.47. The Bertz CT molecular complexity index is 822. The average molecular weight is 432 g/mol. The molecule has 1 aliphatic heterocycles. The Morgan fingerprint density at radius 1 is 1.32 bits per heavy atom. The molecule has 5 atom stereocenters. The third kappa shape index (κ3) is 3.62. The fourth-order valence-corrected chi connectivity index (χ4v) is 6.56. The summed E-state index contributed by atoms with van der Waals surface area (Å²) < 4.78 is 17.5. The van der Waals surface area contributed by atoms with Crippen molar-refractivity contribution < 1.29 is 24.1 Å². The maximum atomic E-state index is 12.7. The SMILES string of the molecule is COc1cc([C@H]2OCC[C@@]34C[C@@H](C[C@H]23)C(C)(C)[C@H]4NC(=O)C(C)C)ccc1OCCO. The van der Waals surface area contributed by atoms with E-state index in [2.05, 4.69) is 25.2 Å². The van der Waals surface area contributed by atoms with Gasteiger partial charge in [-0.1, -0.05) is 33.8 Å². The molecule has 0 aromatic heterocycles. The lowest BCUT2D eigenvalue weighted by Crippen LogP contribution is -2.59. The van der Waals surface area contributed by atoms with Gasteiger partial charge >= 0.3 is 0 Å². The van der Waals surface area contributed by atoms with Gasteiger partial charge < -0.3 is 24.6 Å². The standard InChI is InChI=1S/C25H37NO5/c1-15(2)22(28)26-23-24(3,4)17-13-18-21(31-10-8-25(18,23)14-17)16-6-7-19(30-11-9-27)20(12-16)29-5/h6-7,12,15,17-18,21,23,27H,8-11,13-14H2,1-5H3,(H,26,28)/t17-,18-,21-,23-,25-/m1/s1. The zero-order chi connectivity index (χ0) is 22.4. The monoisotopic (exact) mass is 431 g/mol. The van der Waals surface area contributed by atoms with Gasteiger partial charge in [0.05, 0.1) is 19.8 Å². The smallest absolute Gasteiger partial charge is 0.222 e. The molecule has 0 radical (unpaired) electrons. The molecule has 6 nitrogen and oxygen atoms in total.